The van der Waals surface area contributed by atoms with Crippen molar-refractivity contribution in [2.75, 3.05) is 27.2 Å². The second-order valence-corrected chi connectivity index (χ2v) is 4.72. The lowest BCUT2D eigenvalue weighted by Crippen LogP contribution is -2.38. The third kappa shape index (κ3) is 4.65. The van der Waals surface area contributed by atoms with Crippen molar-refractivity contribution in [3.05, 3.63) is 35.1 Å². The second-order valence-electron chi connectivity index (χ2n) is 4.72. The smallest absolute Gasteiger partial charge is 0.252 e. The van der Waals surface area contributed by atoms with E-state index in [1.54, 1.807) is 0 Å². The highest BCUT2D eigenvalue weighted by molar-refractivity contribution is 5.96. The number of amides is 1. The molecule has 5 heteroatoms. The third-order valence-corrected chi connectivity index (χ3v) is 2.99. The van der Waals surface area contributed by atoms with Gasteiger partial charge in [-0.3, -0.25) is 4.79 Å². The Morgan fingerprint density at radius 3 is 2.80 bits per heavy atom. The fourth-order valence-electron chi connectivity index (χ4n) is 1.48. The van der Waals surface area contributed by atoms with Crippen LogP contribution in [0.1, 0.15) is 22.8 Å². The van der Waals surface area contributed by atoms with E-state index in [-0.39, 0.29) is 24.1 Å². The number of benzene rings is 1. The molecular formula is C15H20FN3O. The highest BCUT2D eigenvalue weighted by Gasteiger charge is 2.13. The lowest BCUT2D eigenvalue weighted by molar-refractivity contribution is 0.0943. The summed E-state index contributed by atoms with van der Waals surface area (Å²) in [4.78, 5) is 14.1. The van der Waals surface area contributed by atoms with Crippen LogP contribution in [0.5, 0.6) is 0 Å². The summed E-state index contributed by atoms with van der Waals surface area (Å²) < 4.78 is 13.3. The molecule has 1 amide bonds. The molecule has 1 atom stereocenters. The number of halogens is 1. The van der Waals surface area contributed by atoms with Crippen molar-refractivity contribution in [3.63, 3.8) is 0 Å². The second kappa shape index (κ2) is 7.63. The lowest BCUT2D eigenvalue weighted by atomic mass is 10.1. The molecule has 4 nitrogen and oxygen atoms in total. The molecule has 0 spiro atoms. The molecule has 0 heterocycles. The number of nitrogens with one attached hydrogen (secondary N) is 1. The zero-order valence-electron chi connectivity index (χ0n) is 12.0. The van der Waals surface area contributed by atoms with Crippen molar-refractivity contribution in [1.29, 1.82) is 0 Å². The number of hydrogen-bond acceptors (Lipinski definition) is 3. The van der Waals surface area contributed by atoms with Crippen molar-refractivity contribution >= 4 is 5.91 Å². The first kappa shape index (κ1) is 16.2. The number of hydrogen-bond donors (Lipinski definition) is 2. The molecule has 0 aliphatic rings. The van der Waals surface area contributed by atoms with Crippen molar-refractivity contribution < 1.29 is 9.18 Å². The third-order valence-electron chi connectivity index (χ3n) is 2.99. The molecule has 0 radical (unpaired) electrons. The van der Waals surface area contributed by atoms with Crippen LogP contribution in [0.4, 0.5) is 4.39 Å². The minimum Gasteiger partial charge on any atom is -0.350 e. The Morgan fingerprint density at radius 1 is 1.50 bits per heavy atom. The van der Waals surface area contributed by atoms with Gasteiger partial charge in [-0.25, -0.2) is 4.39 Å². The largest absolute Gasteiger partial charge is 0.350 e. The molecule has 1 aromatic rings. The van der Waals surface area contributed by atoms with E-state index >= 15 is 0 Å². The maximum atomic E-state index is 13.3. The maximum absolute atomic E-state index is 13.3. The lowest BCUT2D eigenvalue weighted by Gasteiger charge is -2.20. The summed E-state index contributed by atoms with van der Waals surface area (Å²) >= 11 is 0. The molecule has 0 aliphatic heterocycles. The summed E-state index contributed by atoms with van der Waals surface area (Å²) in [5.74, 6) is 4.65. The van der Waals surface area contributed by atoms with Gasteiger partial charge in [0.2, 0.25) is 0 Å². The molecule has 0 aromatic heterocycles. The minimum absolute atomic E-state index is 0.186. The number of rotatable bonds is 4. The van der Waals surface area contributed by atoms with Crippen LogP contribution >= 0.6 is 0 Å². The SMILES string of the molecule is CC(CNC(=O)c1cc(F)ccc1C#CCN)N(C)C. The molecule has 1 unspecified atom stereocenters. The van der Waals surface area contributed by atoms with E-state index in [2.05, 4.69) is 17.2 Å². The van der Waals surface area contributed by atoms with Crippen molar-refractivity contribution in [2.24, 2.45) is 5.73 Å². The number of likely N-dealkylation sites (N-methyl/N-ethyl adjacent to an activating group) is 1. The van der Waals surface area contributed by atoms with Gasteiger partial charge in [0.25, 0.3) is 5.91 Å². The predicted molar refractivity (Wildman–Crippen MR) is 77.8 cm³/mol. The van der Waals surface area contributed by atoms with Crippen LogP contribution in [0.3, 0.4) is 0 Å². The topological polar surface area (TPSA) is 58.4 Å². The Balaban J connectivity index is 2.88. The van der Waals surface area contributed by atoms with Gasteiger partial charge in [0.1, 0.15) is 5.82 Å². The van der Waals surface area contributed by atoms with Gasteiger partial charge in [0, 0.05) is 18.2 Å². The van der Waals surface area contributed by atoms with E-state index in [9.17, 15) is 9.18 Å². The minimum atomic E-state index is -0.464. The zero-order valence-corrected chi connectivity index (χ0v) is 12.0. The van der Waals surface area contributed by atoms with Crippen LogP contribution in [0.15, 0.2) is 18.2 Å². The number of nitrogens with zero attached hydrogens (tertiary/aromatic N) is 1. The molecule has 0 aliphatic carbocycles. The fraction of sp³-hybridized carbons (Fsp3) is 0.400. The molecular weight excluding hydrogens is 257 g/mol. The standard InChI is InChI=1S/C15H20FN3O/c1-11(19(2)3)10-18-15(20)14-9-13(16)7-6-12(14)5-4-8-17/h6-7,9,11H,8,10,17H2,1-3H3,(H,18,20). The normalized spacial score (nSPS) is 11.7. The number of carbonyl (C=O) groups is 1. The van der Waals surface area contributed by atoms with E-state index in [1.165, 1.54) is 18.2 Å². The van der Waals surface area contributed by atoms with Crippen LogP contribution in [0.2, 0.25) is 0 Å². The Bertz CT molecular complexity index is 532. The summed E-state index contributed by atoms with van der Waals surface area (Å²) in [6.07, 6.45) is 0. The van der Waals surface area contributed by atoms with Gasteiger partial charge in [-0.2, -0.15) is 0 Å². The first-order valence-electron chi connectivity index (χ1n) is 6.38. The first-order chi connectivity index (χ1) is 9.45. The van der Waals surface area contributed by atoms with E-state index in [1.807, 2.05) is 25.9 Å². The molecule has 0 bridgehead atoms. The average molecular weight is 277 g/mol. The Kier molecular flexibility index (Phi) is 6.16. The molecule has 20 heavy (non-hydrogen) atoms. The zero-order chi connectivity index (χ0) is 15.1. The van der Waals surface area contributed by atoms with E-state index in [0.717, 1.165) is 0 Å². The van der Waals surface area contributed by atoms with Crippen LogP contribution in [-0.2, 0) is 0 Å². The molecule has 3 N–H and O–H groups in total. The first-order valence-corrected chi connectivity index (χ1v) is 6.38. The summed E-state index contributed by atoms with van der Waals surface area (Å²) in [6.45, 7) is 2.66. The fourth-order valence-corrected chi connectivity index (χ4v) is 1.48. The predicted octanol–water partition coefficient (Wildman–Crippen LogP) is 0.816. The summed E-state index contributed by atoms with van der Waals surface area (Å²) in [7, 11) is 3.86. The Morgan fingerprint density at radius 2 is 2.20 bits per heavy atom. The average Bonchev–Trinajstić information content (AvgIpc) is 2.42. The molecule has 1 rings (SSSR count). The molecule has 1 aromatic carbocycles. The van der Waals surface area contributed by atoms with Gasteiger partial charge in [-0.1, -0.05) is 11.8 Å². The van der Waals surface area contributed by atoms with Gasteiger partial charge < -0.3 is 16.0 Å². The molecule has 0 saturated carbocycles. The van der Waals surface area contributed by atoms with Gasteiger partial charge in [0.05, 0.1) is 12.1 Å². The highest BCUT2D eigenvalue weighted by atomic mass is 19.1. The van der Waals surface area contributed by atoms with Crippen molar-refractivity contribution in [3.8, 4) is 11.8 Å². The van der Waals surface area contributed by atoms with Crippen molar-refractivity contribution in [2.45, 2.75) is 13.0 Å². The monoisotopic (exact) mass is 277 g/mol. The van der Waals surface area contributed by atoms with Crippen LogP contribution in [0, 0.1) is 17.7 Å². The summed E-state index contributed by atoms with van der Waals surface area (Å²) in [5.41, 5.74) is 6.02. The van der Waals surface area contributed by atoms with E-state index in [0.29, 0.717) is 12.1 Å². The van der Waals surface area contributed by atoms with Crippen LogP contribution in [0.25, 0.3) is 0 Å². The van der Waals surface area contributed by atoms with Gasteiger partial charge in [0.15, 0.2) is 0 Å². The van der Waals surface area contributed by atoms with Gasteiger partial charge in [-0.15, -0.1) is 0 Å². The highest BCUT2D eigenvalue weighted by Crippen LogP contribution is 2.10. The molecule has 0 saturated heterocycles. The maximum Gasteiger partial charge on any atom is 0.252 e. The van der Waals surface area contributed by atoms with Crippen LogP contribution < -0.4 is 11.1 Å². The van der Waals surface area contributed by atoms with Gasteiger partial charge in [-0.05, 0) is 39.2 Å². The molecule has 108 valence electrons. The number of nitrogens with two attached hydrogens (primary N) is 1. The quantitative estimate of drug-likeness (QED) is 0.801. The van der Waals surface area contributed by atoms with Gasteiger partial charge >= 0.3 is 0 Å². The Labute approximate surface area is 119 Å². The van der Waals surface area contributed by atoms with Crippen molar-refractivity contribution in [1.82, 2.24) is 10.2 Å². The van der Waals surface area contributed by atoms with E-state index < -0.39 is 5.82 Å². The van der Waals surface area contributed by atoms with Crippen LogP contribution in [-0.4, -0.2) is 44.0 Å². The molecule has 0 fully saturated rings. The number of carbonyl (C=O) groups excluding carboxylic acids is 1. The Hall–Kier alpha value is -1.90. The van der Waals surface area contributed by atoms with E-state index in [4.69, 9.17) is 5.73 Å². The summed E-state index contributed by atoms with van der Waals surface area (Å²) in [6, 6.07) is 4.14. The summed E-state index contributed by atoms with van der Waals surface area (Å²) in [5, 5.41) is 2.78.